The largest absolute Gasteiger partial charge is 0.353 e. The topological polar surface area (TPSA) is 84.7 Å². The van der Waals surface area contributed by atoms with Crippen LogP contribution in [0.4, 0.5) is 5.95 Å². The van der Waals surface area contributed by atoms with Gasteiger partial charge in [-0.3, -0.25) is 13.9 Å². The maximum absolute atomic E-state index is 12.8. The monoisotopic (exact) mass is 373 g/mol. The van der Waals surface area contributed by atoms with Gasteiger partial charge in [0.25, 0.3) is 5.56 Å². The van der Waals surface area contributed by atoms with Crippen molar-refractivity contribution in [3.05, 3.63) is 55.7 Å². The van der Waals surface area contributed by atoms with Crippen molar-refractivity contribution in [2.45, 2.75) is 38.3 Å². The molecule has 0 atom stereocenters. The third kappa shape index (κ3) is 3.03. The molecule has 1 aliphatic rings. The van der Waals surface area contributed by atoms with E-state index in [1.165, 1.54) is 22.0 Å². The first-order chi connectivity index (χ1) is 12.5. The molecule has 0 unspecified atom stereocenters. The van der Waals surface area contributed by atoms with Crippen molar-refractivity contribution in [2.75, 3.05) is 5.32 Å². The average molecular weight is 374 g/mol. The Morgan fingerprint density at radius 3 is 2.62 bits per heavy atom. The van der Waals surface area contributed by atoms with Crippen molar-refractivity contribution >= 4 is 28.7 Å². The minimum Gasteiger partial charge on any atom is -0.353 e. The maximum Gasteiger partial charge on any atom is 0.332 e. The third-order valence-electron chi connectivity index (χ3n) is 4.93. The summed E-state index contributed by atoms with van der Waals surface area (Å²) in [6, 6.07) is 7.45. The number of nitrogens with zero attached hydrogens (tertiary/aromatic N) is 3. The molecule has 0 spiro atoms. The Bertz CT molecular complexity index is 1060. The molecule has 7 nitrogen and oxygen atoms in total. The minimum absolute atomic E-state index is 0.184. The summed E-state index contributed by atoms with van der Waals surface area (Å²) in [4.78, 5) is 33.0. The van der Waals surface area contributed by atoms with E-state index in [1.54, 1.807) is 31.3 Å². The Balaban J connectivity index is 1.75. The second kappa shape index (κ2) is 6.64. The van der Waals surface area contributed by atoms with Crippen LogP contribution in [0.25, 0.3) is 11.2 Å². The highest BCUT2D eigenvalue weighted by molar-refractivity contribution is 6.30. The molecule has 26 heavy (non-hydrogen) atoms. The van der Waals surface area contributed by atoms with E-state index < -0.39 is 5.69 Å². The highest BCUT2D eigenvalue weighted by atomic mass is 35.5. The first-order valence-corrected chi connectivity index (χ1v) is 9.11. The molecule has 2 heterocycles. The van der Waals surface area contributed by atoms with Gasteiger partial charge in [-0.2, -0.15) is 4.98 Å². The molecule has 3 aromatic rings. The molecular formula is C18H20ClN5O2. The van der Waals surface area contributed by atoms with Gasteiger partial charge in [0.1, 0.15) is 0 Å². The molecule has 0 aliphatic heterocycles. The van der Waals surface area contributed by atoms with Crippen molar-refractivity contribution in [2.24, 2.45) is 7.05 Å². The molecule has 1 aliphatic carbocycles. The van der Waals surface area contributed by atoms with E-state index in [0.29, 0.717) is 28.2 Å². The SMILES string of the molecule is Cn1c(=O)n(Cc2ccc(Cl)cc2)c(=O)c2[nH]c(NC3CCCC3)nc21. The van der Waals surface area contributed by atoms with Crippen LogP contribution in [-0.2, 0) is 13.6 Å². The molecule has 1 aromatic carbocycles. The van der Waals surface area contributed by atoms with Crippen LogP contribution in [0.3, 0.4) is 0 Å². The summed E-state index contributed by atoms with van der Waals surface area (Å²) in [7, 11) is 1.63. The molecule has 0 bridgehead atoms. The lowest BCUT2D eigenvalue weighted by Gasteiger charge is -2.09. The van der Waals surface area contributed by atoms with Crippen LogP contribution < -0.4 is 16.6 Å². The second-order valence-corrected chi connectivity index (χ2v) is 7.21. The molecule has 1 fully saturated rings. The zero-order valence-corrected chi connectivity index (χ0v) is 15.2. The smallest absolute Gasteiger partial charge is 0.332 e. The molecule has 8 heteroatoms. The second-order valence-electron chi connectivity index (χ2n) is 6.77. The number of rotatable bonds is 4. The number of anilines is 1. The van der Waals surface area contributed by atoms with Crippen LogP contribution in [0.15, 0.2) is 33.9 Å². The van der Waals surface area contributed by atoms with Crippen LogP contribution in [-0.4, -0.2) is 25.1 Å². The van der Waals surface area contributed by atoms with Crippen LogP contribution >= 0.6 is 11.6 Å². The van der Waals surface area contributed by atoms with E-state index in [1.807, 2.05) is 0 Å². The number of H-pyrrole nitrogens is 1. The van der Waals surface area contributed by atoms with Crippen LogP contribution in [0.5, 0.6) is 0 Å². The predicted octanol–water partition coefficient (Wildman–Crippen LogP) is 2.48. The average Bonchev–Trinajstić information content (AvgIpc) is 3.29. The summed E-state index contributed by atoms with van der Waals surface area (Å²) in [5.74, 6) is 0.545. The summed E-state index contributed by atoms with van der Waals surface area (Å²) in [5, 5.41) is 3.95. The predicted molar refractivity (Wildman–Crippen MR) is 102 cm³/mol. The quantitative estimate of drug-likeness (QED) is 0.735. The van der Waals surface area contributed by atoms with Gasteiger partial charge in [0.2, 0.25) is 5.95 Å². The number of aromatic amines is 1. The molecule has 2 N–H and O–H groups in total. The van der Waals surface area contributed by atoms with Gasteiger partial charge in [-0.05, 0) is 30.5 Å². The van der Waals surface area contributed by atoms with Crippen molar-refractivity contribution < 1.29 is 0 Å². The lowest BCUT2D eigenvalue weighted by atomic mass is 10.2. The van der Waals surface area contributed by atoms with Gasteiger partial charge in [-0.15, -0.1) is 0 Å². The summed E-state index contributed by atoms with van der Waals surface area (Å²) < 4.78 is 2.62. The van der Waals surface area contributed by atoms with E-state index in [9.17, 15) is 9.59 Å². The molecule has 2 aromatic heterocycles. The first kappa shape index (κ1) is 16.9. The molecule has 1 saturated carbocycles. The molecule has 0 saturated heterocycles. The number of hydrogen-bond donors (Lipinski definition) is 2. The van der Waals surface area contributed by atoms with E-state index in [4.69, 9.17) is 11.6 Å². The maximum atomic E-state index is 12.8. The van der Waals surface area contributed by atoms with Gasteiger partial charge in [-0.25, -0.2) is 4.79 Å². The van der Waals surface area contributed by atoms with Gasteiger partial charge < -0.3 is 10.3 Å². The Hall–Kier alpha value is -2.54. The van der Waals surface area contributed by atoms with Crippen LogP contribution in [0, 0.1) is 0 Å². The normalized spacial score (nSPS) is 15.0. The van der Waals surface area contributed by atoms with E-state index in [-0.39, 0.29) is 12.1 Å². The number of fused-ring (bicyclic) bond motifs is 1. The number of aromatic nitrogens is 4. The Morgan fingerprint density at radius 1 is 1.23 bits per heavy atom. The van der Waals surface area contributed by atoms with Crippen molar-refractivity contribution in [1.29, 1.82) is 0 Å². The molecule has 0 radical (unpaired) electrons. The van der Waals surface area contributed by atoms with E-state index >= 15 is 0 Å². The van der Waals surface area contributed by atoms with Crippen molar-refractivity contribution in [3.8, 4) is 0 Å². The lowest BCUT2D eigenvalue weighted by Crippen LogP contribution is -2.39. The summed E-state index contributed by atoms with van der Waals surface area (Å²) in [6.07, 6.45) is 4.59. The zero-order valence-electron chi connectivity index (χ0n) is 14.5. The molecule has 136 valence electrons. The van der Waals surface area contributed by atoms with Crippen LogP contribution in [0.2, 0.25) is 5.02 Å². The highest BCUT2D eigenvalue weighted by Gasteiger charge is 2.19. The fourth-order valence-electron chi connectivity index (χ4n) is 3.49. The van der Waals surface area contributed by atoms with Gasteiger partial charge >= 0.3 is 5.69 Å². The summed E-state index contributed by atoms with van der Waals surface area (Å²) in [5.41, 5.74) is 0.771. The van der Waals surface area contributed by atoms with Crippen molar-refractivity contribution in [3.63, 3.8) is 0 Å². The van der Waals surface area contributed by atoms with E-state index in [0.717, 1.165) is 18.4 Å². The number of imidazole rings is 1. The molecular weight excluding hydrogens is 354 g/mol. The van der Waals surface area contributed by atoms with Gasteiger partial charge in [-0.1, -0.05) is 36.6 Å². The Kier molecular flexibility index (Phi) is 4.32. The molecule has 4 rings (SSSR count). The summed E-state index contributed by atoms with van der Waals surface area (Å²) in [6.45, 7) is 0.184. The van der Waals surface area contributed by atoms with Crippen LogP contribution in [0.1, 0.15) is 31.2 Å². The Labute approximate surface area is 154 Å². The number of hydrogen-bond acceptors (Lipinski definition) is 4. The number of aryl methyl sites for hydroxylation is 1. The number of nitrogens with one attached hydrogen (secondary N) is 2. The van der Waals surface area contributed by atoms with Gasteiger partial charge in [0.15, 0.2) is 11.2 Å². The zero-order chi connectivity index (χ0) is 18.3. The van der Waals surface area contributed by atoms with Crippen molar-refractivity contribution in [1.82, 2.24) is 19.1 Å². The van der Waals surface area contributed by atoms with Gasteiger partial charge in [0, 0.05) is 18.1 Å². The fraction of sp³-hybridized carbons (Fsp3) is 0.389. The number of benzene rings is 1. The fourth-order valence-corrected chi connectivity index (χ4v) is 3.62. The van der Waals surface area contributed by atoms with E-state index in [2.05, 4.69) is 15.3 Å². The number of halogens is 1. The molecule has 0 amide bonds. The standard InChI is InChI=1S/C18H20ClN5O2/c1-23-15-14(21-17(22-15)20-13-4-2-3-5-13)16(25)24(18(23)26)10-11-6-8-12(19)9-7-11/h6-9,13H,2-5,10H2,1H3,(H2,20,21,22). The third-order valence-corrected chi connectivity index (χ3v) is 5.18. The highest BCUT2D eigenvalue weighted by Crippen LogP contribution is 2.21. The summed E-state index contributed by atoms with van der Waals surface area (Å²) >= 11 is 5.90. The minimum atomic E-state index is -0.392. The van der Waals surface area contributed by atoms with Gasteiger partial charge in [0.05, 0.1) is 6.54 Å². The lowest BCUT2D eigenvalue weighted by molar-refractivity contribution is 0.657. The first-order valence-electron chi connectivity index (χ1n) is 8.73. The Morgan fingerprint density at radius 2 is 1.92 bits per heavy atom.